The van der Waals surface area contributed by atoms with E-state index in [0.717, 1.165) is 12.2 Å². The Morgan fingerprint density at radius 2 is 2.00 bits per heavy atom. The van der Waals surface area contributed by atoms with E-state index in [1.807, 2.05) is 6.92 Å². The standard InChI is InChI=1S/C11H13N9/c1-2-8-13-5-7-19(8)10-15-9(18-12)16-11(17-10)20-6-3-4-14-20/h3-7H,2,12H2,1H3,(H,15,16,17,18). The summed E-state index contributed by atoms with van der Waals surface area (Å²) >= 11 is 0. The predicted octanol–water partition coefficient (Wildman–Crippen LogP) is 0.0910. The van der Waals surface area contributed by atoms with Crippen LogP contribution in [0.3, 0.4) is 0 Å². The first kappa shape index (κ1) is 12.2. The van der Waals surface area contributed by atoms with E-state index in [4.69, 9.17) is 5.84 Å². The van der Waals surface area contributed by atoms with E-state index in [-0.39, 0.29) is 5.95 Å². The summed E-state index contributed by atoms with van der Waals surface area (Å²) in [5.74, 6) is 7.34. The third kappa shape index (κ3) is 2.10. The van der Waals surface area contributed by atoms with Crippen molar-refractivity contribution in [2.75, 3.05) is 5.43 Å². The minimum atomic E-state index is 0.260. The molecule has 3 aromatic heterocycles. The molecule has 0 aliphatic rings. The second-order valence-corrected chi connectivity index (χ2v) is 3.92. The van der Waals surface area contributed by atoms with E-state index in [1.54, 1.807) is 35.4 Å². The van der Waals surface area contributed by atoms with Gasteiger partial charge < -0.3 is 0 Å². The van der Waals surface area contributed by atoms with Crippen LogP contribution in [0.2, 0.25) is 0 Å². The average molecular weight is 271 g/mol. The minimum Gasteiger partial charge on any atom is -0.292 e. The highest BCUT2D eigenvalue weighted by atomic mass is 15.4. The van der Waals surface area contributed by atoms with Crippen LogP contribution in [-0.4, -0.2) is 34.3 Å². The van der Waals surface area contributed by atoms with Crippen LogP contribution in [0.1, 0.15) is 12.7 Å². The highest BCUT2D eigenvalue weighted by molar-refractivity contribution is 5.32. The van der Waals surface area contributed by atoms with Gasteiger partial charge in [0.25, 0.3) is 5.95 Å². The summed E-state index contributed by atoms with van der Waals surface area (Å²) in [5.41, 5.74) is 2.43. The number of nitrogens with two attached hydrogens (primary N) is 1. The number of hydrogen-bond acceptors (Lipinski definition) is 7. The SMILES string of the molecule is CCc1nccn1-c1nc(NN)nc(-n2cccn2)n1. The molecule has 0 unspecified atom stereocenters. The Morgan fingerprint density at radius 1 is 1.15 bits per heavy atom. The van der Waals surface area contributed by atoms with Crippen LogP contribution < -0.4 is 11.3 Å². The molecule has 0 aliphatic carbocycles. The van der Waals surface area contributed by atoms with Gasteiger partial charge in [0.2, 0.25) is 11.9 Å². The minimum absolute atomic E-state index is 0.260. The van der Waals surface area contributed by atoms with Gasteiger partial charge in [-0.05, 0) is 6.07 Å². The average Bonchev–Trinajstić information content (AvgIpc) is 3.17. The first-order chi connectivity index (χ1) is 9.81. The Balaban J connectivity index is 2.14. The molecule has 0 saturated heterocycles. The molecule has 3 rings (SSSR count). The zero-order chi connectivity index (χ0) is 13.9. The second-order valence-electron chi connectivity index (χ2n) is 3.92. The lowest BCUT2D eigenvalue weighted by Crippen LogP contribution is -2.16. The lowest BCUT2D eigenvalue weighted by atomic mass is 10.4. The predicted molar refractivity (Wildman–Crippen MR) is 71.3 cm³/mol. The number of imidazole rings is 1. The molecular weight excluding hydrogens is 258 g/mol. The monoisotopic (exact) mass is 271 g/mol. The molecular formula is C11H13N9. The molecule has 20 heavy (non-hydrogen) atoms. The molecule has 0 atom stereocenters. The summed E-state index contributed by atoms with van der Waals surface area (Å²) in [4.78, 5) is 17.0. The largest absolute Gasteiger partial charge is 0.292 e. The molecule has 9 heteroatoms. The van der Waals surface area contributed by atoms with Gasteiger partial charge in [-0.1, -0.05) is 6.92 Å². The van der Waals surface area contributed by atoms with E-state index in [2.05, 4.69) is 30.5 Å². The van der Waals surface area contributed by atoms with Gasteiger partial charge >= 0.3 is 0 Å². The van der Waals surface area contributed by atoms with E-state index in [9.17, 15) is 0 Å². The Kier molecular flexibility index (Phi) is 3.09. The zero-order valence-electron chi connectivity index (χ0n) is 10.8. The highest BCUT2D eigenvalue weighted by Crippen LogP contribution is 2.10. The van der Waals surface area contributed by atoms with Gasteiger partial charge in [0.1, 0.15) is 5.82 Å². The Bertz CT molecular complexity index is 701. The number of nitrogens with zero attached hydrogens (tertiary/aromatic N) is 7. The van der Waals surface area contributed by atoms with Crippen molar-refractivity contribution in [1.82, 2.24) is 34.3 Å². The van der Waals surface area contributed by atoms with Gasteiger partial charge in [0.05, 0.1) is 0 Å². The van der Waals surface area contributed by atoms with Crippen molar-refractivity contribution in [2.24, 2.45) is 5.84 Å². The van der Waals surface area contributed by atoms with Gasteiger partial charge in [0.15, 0.2) is 0 Å². The fraction of sp³-hybridized carbons (Fsp3) is 0.182. The topological polar surface area (TPSA) is 112 Å². The molecule has 3 aromatic rings. The smallest absolute Gasteiger partial charge is 0.257 e. The van der Waals surface area contributed by atoms with E-state index >= 15 is 0 Å². The highest BCUT2D eigenvalue weighted by Gasteiger charge is 2.11. The van der Waals surface area contributed by atoms with Crippen molar-refractivity contribution in [1.29, 1.82) is 0 Å². The number of nitrogen functional groups attached to an aromatic ring is 1. The third-order valence-corrected chi connectivity index (χ3v) is 2.70. The first-order valence-electron chi connectivity index (χ1n) is 6.07. The van der Waals surface area contributed by atoms with Crippen molar-refractivity contribution < 1.29 is 0 Å². The maximum atomic E-state index is 5.41. The quantitative estimate of drug-likeness (QED) is 0.510. The molecule has 0 spiro atoms. The third-order valence-electron chi connectivity index (χ3n) is 2.70. The number of rotatable bonds is 4. The number of nitrogens with one attached hydrogen (secondary N) is 1. The molecule has 0 aromatic carbocycles. The molecule has 3 heterocycles. The molecule has 0 aliphatic heterocycles. The lowest BCUT2D eigenvalue weighted by Gasteiger charge is -2.08. The fourth-order valence-electron chi connectivity index (χ4n) is 1.79. The summed E-state index contributed by atoms with van der Waals surface area (Å²) in [7, 11) is 0. The Morgan fingerprint density at radius 3 is 2.70 bits per heavy atom. The summed E-state index contributed by atoms with van der Waals surface area (Å²) in [6, 6.07) is 1.79. The van der Waals surface area contributed by atoms with Crippen LogP contribution in [0.15, 0.2) is 30.9 Å². The maximum Gasteiger partial charge on any atom is 0.257 e. The molecule has 0 amide bonds. The summed E-state index contributed by atoms with van der Waals surface area (Å²) < 4.78 is 3.32. The molecule has 9 nitrogen and oxygen atoms in total. The van der Waals surface area contributed by atoms with Crippen LogP contribution in [-0.2, 0) is 6.42 Å². The summed E-state index contributed by atoms with van der Waals surface area (Å²) in [6.07, 6.45) is 7.65. The molecule has 102 valence electrons. The molecule has 0 radical (unpaired) electrons. The normalized spacial score (nSPS) is 10.7. The van der Waals surface area contributed by atoms with Crippen molar-refractivity contribution in [3.05, 3.63) is 36.7 Å². The molecule has 3 N–H and O–H groups in total. The van der Waals surface area contributed by atoms with Crippen molar-refractivity contribution >= 4 is 5.95 Å². The van der Waals surface area contributed by atoms with Gasteiger partial charge in [0, 0.05) is 31.2 Å². The Hall–Kier alpha value is -2.81. The van der Waals surface area contributed by atoms with Crippen molar-refractivity contribution in [3.8, 4) is 11.9 Å². The summed E-state index contributed by atoms with van der Waals surface area (Å²) in [6.45, 7) is 2.01. The van der Waals surface area contributed by atoms with Crippen LogP contribution in [0, 0.1) is 0 Å². The lowest BCUT2D eigenvalue weighted by molar-refractivity contribution is 0.761. The van der Waals surface area contributed by atoms with Crippen LogP contribution in [0.25, 0.3) is 11.9 Å². The van der Waals surface area contributed by atoms with Gasteiger partial charge in [-0.15, -0.1) is 0 Å². The first-order valence-corrected chi connectivity index (χ1v) is 6.07. The number of hydrogen-bond donors (Lipinski definition) is 2. The molecule has 0 fully saturated rings. The summed E-state index contributed by atoms with van der Waals surface area (Å²) in [5, 5.41) is 4.10. The van der Waals surface area contributed by atoms with E-state index < -0.39 is 0 Å². The van der Waals surface area contributed by atoms with Crippen LogP contribution >= 0.6 is 0 Å². The number of hydrazine groups is 1. The van der Waals surface area contributed by atoms with E-state index in [0.29, 0.717) is 11.9 Å². The van der Waals surface area contributed by atoms with Crippen molar-refractivity contribution in [3.63, 3.8) is 0 Å². The van der Waals surface area contributed by atoms with Gasteiger partial charge in [-0.3, -0.25) is 9.99 Å². The number of aromatic nitrogens is 7. The second kappa shape index (κ2) is 5.05. The van der Waals surface area contributed by atoms with Crippen molar-refractivity contribution in [2.45, 2.75) is 13.3 Å². The van der Waals surface area contributed by atoms with E-state index in [1.165, 1.54) is 4.68 Å². The van der Waals surface area contributed by atoms with Gasteiger partial charge in [-0.2, -0.15) is 20.1 Å². The zero-order valence-corrected chi connectivity index (χ0v) is 10.8. The Labute approximate surface area is 114 Å². The molecule has 0 bridgehead atoms. The van der Waals surface area contributed by atoms with Crippen LogP contribution in [0.4, 0.5) is 5.95 Å². The van der Waals surface area contributed by atoms with Gasteiger partial charge in [-0.25, -0.2) is 15.5 Å². The molecule has 0 saturated carbocycles. The maximum absolute atomic E-state index is 5.41. The fourth-order valence-corrected chi connectivity index (χ4v) is 1.79. The number of aryl methyl sites for hydroxylation is 1. The number of anilines is 1. The van der Waals surface area contributed by atoms with Crippen LogP contribution in [0.5, 0.6) is 0 Å².